The quantitative estimate of drug-likeness (QED) is 0.0598. The van der Waals surface area contributed by atoms with E-state index in [2.05, 4.69) is 31.9 Å². The molecule has 3 aliphatic heterocycles. The van der Waals surface area contributed by atoms with Crippen LogP contribution in [0.5, 0.6) is 11.5 Å². The van der Waals surface area contributed by atoms with E-state index >= 15 is 0 Å². The maximum atomic E-state index is 14.6. The Morgan fingerprint density at radius 2 is 1.29 bits per heavy atom. The van der Waals surface area contributed by atoms with E-state index in [9.17, 15) is 19.8 Å². The highest BCUT2D eigenvalue weighted by Crippen LogP contribution is 2.33. The van der Waals surface area contributed by atoms with E-state index in [-0.39, 0.29) is 60.6 Å². The molecule has 2 aromatic heterocycles. The van der Waals surface area contributed by atoms with Gasteiger partial charge in [0.1, 0.15) is 59.9 Å². The Hall–Kier alpha value is -5.54. The van der Waals surface area contributed by atoms with Gasteiger partial charge in [0.05, 0.1) is 12.7 Å². The molecule has 7 rings (SSSR count). The number of amides is 2. The fraction of sp³-hybridized carbons (Fsp3) is 0.551. The maximum absolute atomic E-state index is 14.6. The molecule has 0 spiro atoms. The normalized spacial score (nSPS) is 20.8. The van der Waals surface area contributed by atoms with E-state index in [1.807, 2.05) is 38.1 Å². The molecule has 6 unspecified atom stereocenters. The van der Waals surface area contributed by atoms with E-state index in [1.165, 1.54) is 0 Å². The minimum atomic E-state index is -0.719. The van der Waals surface area contributed by atoms with E-state index in [1.54, 1.807) is 45.3 Å². The first kappa shape index (κ1) is 50.3. The van der Waals surface area contributed by atoms with Crippen molar-refractivity contribution in [3.8, 4) is 34.3 Å². The van der Waals surface area contributed by atoms with Crippen LogP contribution in [-0.2, 0) is 14.2 Å². The van der Waals surface area contributed by atoms with Gasteiger partial charge in [-0.3, -0.25) is 9.59 Å². The van der Waals surface area contributed by atoms with Crippen molar-refractivity contribution in [3.05, 3.63) is 71.0 Å². The Morgan fingerprint density at radius 1 is 0.721 bits per heavy atom. The van der Waals surface area contributed by atoms with Crippen molar-refractivity contribution in [2.45, 2.75) is 89.3 Å². The summed E-state index contributed by atoms with van der Waals surface area (Å²) in [7, 11) is 3.53. The molecule has 68 heavy (non-hydrogen) atoms. The highest BCUT2D eigenvalue weighted by molar-refractivity contribution is 6.00. The van der Waals surface area contributed by atoms with Crippen molar-refractivity contribution >= 4 is 23.5 Å². The van der Waals surface area contributed by atoms with Gasteiger partial charge < -0.3 is 65.8 Å². The molecule has 6 atom stereocenters. The third-order valence-electron chi connectivity index (χ3n) is 12.4. The average molecular weight is 941 g/mol. The molecule has 8 N–H and O–H groups in total. The number of anilines is 2. The van der Waals surface area contributed by atoms with E-state index < -0.39 is 24.0 Å². The number of nitrogens with zero attached hydrogens (tertiary/aromatic N) is 4. The number of likely N-dealkylation sites (N-methyl/N-ethyl adjacent to an activating group) is 2. The Kier molecular flexibility index (Phi) is 18.3. The molecule has 5 heterocycles. The molecule has 19 nitrogen and oxygen atoms in total. The Morgan fingerprint density at radius 3 is 1.91 bits per heavy atom. The fourth-order valence-electron chi connectivity index (χ4n) is 8.73. The number of hydrogen-bond donors (Lipinski definition) is 8. The second-order valence-electron chi connectivity index (χ2n) is 17.6. The number of hydrogen-bond acceptors (Lipinski definition) is 17. The predicted octanol–water partition coefficient (Wildman–Crippen LogP) is 3.27. The number of aromatic nitrogens is 4. The molecule has 3 fully saturated rings. The van der Waals surface area contributed by atoms with Gasteiger partial charge in [0.15, 0.2) is 11.6 Å². The molecule has 0 aliphatic carbocycles. The lowest BCUT2D eigenvalue weighted by Crippen LogP contribution is -2.53. The van der Waals surface area contributed by atoms with Crippen LogP contribution >= 0.6 is 0 Å². The first-order valence-corrected chi connectivity index (χ1v) is 23.8. The highest BCUT2D eigenvalue weighted by Gasteiger charge is 2.38. The van der Waals surface area contributed by atoms with E-state index in [4.69, 9.17) is 43.6 Å². The van der Waals surface area contributed by atoms with Gasteiger partial charge in [-0.05, 0) is 91.2 Å². The molecule has 3 saturated heterocycles. The van der Waals surface area contributed by atoms with Crippen LogP contribution in [0.4, 0.5) is 11.6 Å². The SMILES string of the molecule is CCNc1nc(-c2cccc(OCC(O)CNC)c2)nc(NC2CCOC(C3COCCC3NC(=O)c3nc(-c4cccc(OCC(O)CNC)c4)nc(C(=O)NC4CCOCC4)c3C)C2)c1C. The lowest BCUT2D eigenvalue weighted by molar-refractivity contribution is -0.0805. The number of carbonyl (C=O) groups excluding carboxylic acids is 2. The first-order valence-electron chi connectivity index (χ1n) is 23.8. The zero-order chi connectivity index (χ0) is 48.0. The van der Waals surface area contributed by atoms with Crippen LogP contribution in [0.25, 0.3) is 22.8 Å². The van der Waals surface area contributed by atoms with Crippen molar-refractivity contribution in [2.24, 2.45) is 5.92 Å². The molecule has 19 heteroatoms. The molecule has 2 aromatic carbocycles. The summed E-state index contributed by atoms with van der Waals surface area (Å²) in [6.45, 7) is 9.80. The minimum Gasteiger partial charge on any atom is -0.491 e. The smallest absolute Gasteiger partial charge is 0.270 e. The summed E-state index contributed by atoms with van der Waals surface area (Å²) in [5.41, 5.74) is 2.76. The van der Waals surface area contributed by atoms with Gasteiger partial charge in [0.2, 0.25) is 0 Å². The van der Waals surface area contributed by atoms with Gasteiger partial charge >= 0.3 is 0 Å². The molecule has 0 bridgehead atoms. The minimum absolute atomic E-state index is 0.0129. The fourth-order valence-corrected chi connectivity index (χ4v) is 8.73. The summed E-state index contributed by atoms with van der Waals surface area (Å²) < 4.78 is 29.8. The second-order valence-corrected chi connectivity index (χ2v) is 17.6. The summed E-state index contributed by atoms with van der Waals surface area (Å²) in [6, 6.07) is 14.2. The van der Waals surface area contributed by atoms with Crippen LogP contribution in [0, 0.1) is 19.8 Å². The van der Waals surface area contributed by atoms with Gasteiger partial charge in [-0.1, -0.05) is 24.3 Å². The lowest BCUT2D eigenvalue weighted by Gasteiger charge is -2.41. The van der Waals surface area contributed by atoms with Gasteiger partial charge in [-0.15, -0.1) is 0 Å². The summed E-state index contributed by atoms with van der Waals surface area (Å²) in [6.07, 6.45) is 1.64. The van der Waals surface area contributed by atoms with Crippen LogP contribution in [0.1, 0.15) is 71.1 Å². The monoisotopic (exact) mass is 941 g/mol. The Bertz CT molecular complexity index is 2300. The maximum Gasteiger partial charge on any atom is 0.270 e. The van der Waals surface area contributed by atoms with Gasteiger partial charge in [-0.25, -0.2) is 19.9 Å². The molecular weight excluding hydrogens is 873 g/mol. The van der Waals surface area contributed by atoms with Crippen molar-refractivity contribution in [3.63, 3.8) is 0 Å². The topological polar surface area (TPSA) is 244 Å². The highest BCUT2D eigenvalue weighted by atomic mass is 16.5. The summed E-state index contributed by atoms with van der Waals surface area (Å²) in [5, 5.41) is 39.8. The van der Waals surface area contributed by atoms with Crippen molar-refractivity contribution in [1.82, 2.24) is 41.2 Å². The number of benzene rings is 2. The zero-order valence-corrected chi connectivity index (χ0v) is 39.8. The number of aliphatic hydroxyl groups is 2. The summed E-state index contributed by atoms with van der Waals surface area (Å²) in [4.78, 5) is 48.0. The number of carbonyl (C=O) groups is 2. The third kappa shape index (κ3) is 13.4. The predicted molar refractivity (Wildman–Crippen MR) is 257 cm³/mol. The lowest BCUT2D eigenvalue weighted by atomic mass is 9.85. The van der Waals surface area contributed by atoms with Crippen molar-refractivity contribution in [2.75, 3.05) is 90.6 Å². The molecule has 2 amide bonds. The van der Waals surface area contributed by atoms with Crippen LogP contribution in [-0.4, -0.2) is 158 Å². The van der Waals surface area contributed by atoms with Crippen molar-refractivity contribution in [1.29, 1.82) is 0 Å². The molecule has 0 radical (unpaired) electrons. The van der Waals surface area contributed by atoms with Gasteiger partial charge in [0, 0.05) is 92.4 Å². The van der Waals surface area contributed by atoms with E-state index in [0.29, 0.717) is 113 Å². The Labute approximate surface area is 398 Å². The molecule has 4 aromatic rings. The Balaban J connectivity index is 1.10. The summed E-state index contributed by atoms with van der Waals surface area (Å²) >= 11 is 0. The van der Waals surface area contributed by atoms with Crippen LogP contribution in [0.3, 0.4) is 0 Å². The van der Waals surface area contributed by atoms with Crippen LogP contribution in [0.15, 0.2) is 48.5 Å². The second kappa shape index (κ2) is 24.7. The van der Waals surface area contributed by atoms with E-state index in [0.717, 1.165) is 23.4 Å². The van der Waals surface area contributed by atoms with Crippen LogP contribution in [0.2, 0.25) is 0 Å². The average Bonchev–Trinajstić information content (AvgIpc) is 3.35. The van der Waals surface area contributed by atoms with Gasteiger partial charge in [0.25, 0.3) is 11.8 Å². The first-order chi connectivity index (χ1) is 33.0. The molecular formula is C49H68N10O9. The molecule has 368 valence electrons. The molecule has 3 aliphatic rings. The van der Waals surface area contributed by atoms with Gasteiger partial charge in [-0.2, -0.15) is 0 Å². The zero-order valence-electron chi connectivity index (χ0n) is 39.8. The largest absolute Gasteiger partial charge is 0.491 e. The van der Waals surface area contributed by atoms with Crippen molar-refractivity contribution < 1.29 is 43.5 Å². The number of ether oxygens (including phenoxy) is 5. The number of nitrogens with one attached hydrogen (secondary N) is 6. The molecule has 0 saturated carbocycles. The third-order valence-corrected chi connectivity index (χ3v) is 12.4. The number of aliphatic hydroxyl groups excluding tert-OH is 2. The van der Waals surface area contributed by atoms with Crippen LogP contribution < -0.4 is 41.4 Å². The standard InChI is InChI=1S/C49H68N10O9/c1-6-52-44-30(3)45(59-47(58-44)32-10-8-12-38(22-32)68-27-36(61)25-51-5)53-34-15-20-66-41(23-34)39-28-65-19-16-40(39)55-49(63)43-29(2)42(48(62)54-33-13-17-64-18-14-33)56-46(57-43)31-9-7-11-37(21-31)67-26-35(60)24-50-4/h7-12,21-22,33-36,39-41,50-51,60-61H,6,13-20,23-28H2,1-5H3,(H,54,62)(H,55,63)(H2,52,53,58,59). The number of rotatable bonds is 21. The summed E-state index contributed by atoms with van der Waals surface area (Å²) in [5.74, 6) is 2.21.